The molecule has 2 atom stereocenters. The van der Waals surface area contributed by atoms with Gasteiger partial charge in [-0.2, -0.15) is 11.8 Å². The van der Waals surface area contributed by atoms with E-state index in [1.54, 1.807) is 0 Å². The molecule has 16 heavy (non-hydrogen) atoms. The van der Waals surface area contributed by atoms with Crippen molar-refractivity contribution in [3.8, 4) is 0 Å². The van der Waals surface area contributed by atoms with Crippen LogP contribution in [0.25, 0.3) is 0 Å². The van der Waals surface area contributed by atoms with Crippen molar-refractivity contribution in [3.63, 3.8) is 0 Å². The Labute approximate surface area is 105 Å². The van der Waals surface area contributed by atoms with Crippen molar-refractivity contribution in [2.45, 2.75) is 52.5 Å². The van der Waals surface area contributed by atoms with Crippen molar-refractivity contribution in [2.24, 2.45) is 17.3 Å². The van der Waals surface area contributed by atoms with Crippen molar-refractivity contribution in [1.29, 1.82) is 0 Å². The Morgan fingerprint density at radius 3 is 2.44 bits per heavy atom. The van der Waals surface area contributed by atoms with Crippen LogP contribution in [0.5, 0.6) is 0 Å². The van der Waals surface area contributed by atoms with Gasteiger partial charge in [0.25, 0.3) is 0 Å². The molecule has 0 aromatic heterocycles. The Morgan fingerprint density at radius 1 is 1.19 bits per heavy atom. The van der Waals surface area contributed by atoms with Crippen LogP contribution in [-0.4, -0.2) is 24.1 Å². The standard InChI is InChI=1S/C14H27NS/c1-11-8-14(2,3)9-13(11)15-10-12-4-6-16-7-5-12/h11-13,15H,4-10H2,1-3H3. The van der Waals surface area contributed by atoms with Crippen LogP contribution in [0, 0.1) is 17.3 Å². The fraction of sp³-hybridized carbons (Fsp3) is 1.00. The Morgan fingerprint density at radius 2 is 1.88 bits per heavy atom. The molecule has 1 aliphatic carbocycles. The predicted molar refractivity (Wildman–Crippen MR) is 74.0 cm³/mol. The van der Waals surface area contributed by atoms with E-state index in [0.717, 1.165) is 17.9 Å². The highest BCUT2D eigenvalue weighted by atomic mass is 32.2. The first-order valence-corrected chi connectivity index (χ1v) is 8.03. The molecule has 0 radical (unpaired) electrons. The normalized spacial score (nSPS) is 35.4. The van der Waals surface area contributed by atoms with Gasteiger partial charge in [0.15, 0.2) is 0 Å². The highest BCUT2D eigenvalue weighted by molar-refractivity contribution is 7.99. The lowest BCUT2D eigenvalue weighted by molar-refractivity contribution is 0.350. The number of hydrogen-bond donors (Lipinski definition) is 1. The van der Waals surface area contributed by atoms with Gasteiger partial charge < -0.3 is 5.32 Å². The number of nitrogens with one attached hydrogen (secondary N) is 1. The molecule has 1 nitrogen and oxygen atoms in total. The first-order valence-electron chi connectivity index (χ1n) is 6.88. The molecule has 2 aliphatic rings. The zero-order chi connectivity index (χ0) is 11.6. The third-order valence-electron chi connectivity index (χ3n) is 4.34. The van der Waals surface area contributed by atoms with Gasteiger partial charge in [-0.15, -0.1) is 0 Å². The number of hydrogen-bond acceptors (Lipinski definition) is 2. The summed E-state index contributed by atoms with van der Waals surface area (Å²) in [5.74, 6) is 4.60. The van der Waals surface area contributed by atoms with E-state index in [1.807, 2.05) is 0 Å². The van der Waals surface area contributed by atoms with Crippen molar-refractivity contribution in [1.82, 2.24) is 5.32 Å². The number of thioether (sulfide) groups is 1. The minimum absolute atomic E-state index is 0.569. The fourth-order valence-electron chi connectivity index (χ4n) is 3.44. The van der Waals surface area contributed by atoms with Gasteiger partial charge in [0.1, 0.15) is 0 Å². The smallest absolute Gasteiger partial charge is 0.00980 e. The molecule has 1 saturated heterocycles. The second-order valence-electron chi connectivity index (χ2n) is 6.62. The van der Waals surface area contributed by atoms with Gasteiger partial charge >= 0.3 is 0 Å². The van der Waals surface area contributed by atoms with Crippen LogP contribution < -0.4 is 5.32 Å². The molecule has 0 bridgehead atoms. The van der Waals surface area contributed by atoms with Crippen LogP contribution in [-0.2, 0) is 0 Å². The highest BCUT2D eigenvalue weighted by Gasteiger charge is 2.36. The van der Waals surface area contributed by atoms with E-state index in [1.165, 1.54) is 43.7 Å². The fourth-order valence-corrected chi connectivity index (χ4v) is 4.64. The minimum Gasteiger partial charge on any atom is -0.313 e. The van der Waals surface area contributed by atoms with E-state index in [-0.39, 0.29) is 0 Å². The maximum absolute atomic E-state index is 3.85. The third kappa shape index (κ3) is 3.40. The molecule has 2 unspecified atom stereocenters. The highest BCUT2D eigenvalue weighted by Crippen LogP contribution is 2.40. The molecular formula is C14H27NS. The Balaban J connectivity index is 1.73. The zero-order valence-corrected chi connectivity index (χ0v) is 11.9. The first kappa shape index (κ1) is 12.8. The molecule has 1 aliphatic heterocycles. The van der Waals surface area contributed by atoms with E-state index >= 15 is 0 Å². The van der Waals surface area contributed by atoms with Crippen LogP contribution in [0.2, 0.25) is 0 Å². The summed E-state index contributed by atoms with van der Waals surface area (Å²) in [7, 11) is 0. The second-order valence-corrected chi connectivity index (χ2v) is 7.84. The Hall–Kier alpha value is 0.310. The lowest BCUT2D eigenvalue weighted by atomic mass is 9.91. The van der Waals surface area contributed by atoms with Crippen molar-refractivity contribution < 1.29 is 0 Å². The Bertz CT molecular complexity index is 221. The molecule has 0 aromatic carbocycles. The van der Waals surface area contributed by atoms with Gasteiger partial charge in [-0.25, -0.2) is 0 Å². The number of rotatable bonds is 3. The van der Waals surface area contributed by atoms with Gasteiger partial charge in [0, 0.05) is 6.04 Å². The molecular weight excluding hydrogens is 214 g/mol. The molecule has 2 fully saturated rings. The van der Waals surface area contributed by atoms with E-state index in [2.05, 4.69) is 37.8 Å². The first-order chi connectivity index (χ1) is 7.57. The molecule has 2 rings (SSSR count). The molecule has 2 heteroatoms. The van der Waals surface area contributed by atoms with Gasteiger partial charge in [-0.3, -0.25) is 0 Å². The lowest BCUT2D eigenvalue weighted by Gasteiger charge is -2.25. The van der Waals surface area contributed by atoms with Crippen LogP contribution in [0.4, 0.5) is 0 Å². The maximum atomic E-state index is 3.85. The summed E-state index contributed by atoms with van der Waals surface area (Å²) in [6.45, 7) is 8.53. The lowest BCUT2D eigenvalue weighted by Crippen LogP contribution is -2.36. The molecule has 1 saturated carbocycles. The summed E-state index contributed by atoms with van der Waals surface area (Å²) in [6.07, 6.45) is 5.63. The SMILES string of the molecule is CC1CC(C)(C)CC1NCC1CCSCC1. The zero-order valence-electron chi connectivity index (χ0n) is 11.1. The van der Waals surface area contributed by atoms with E-state index in [4.69, 9.17) is 0 Å². The molecule has 94 valence electrons. The van der Waals surface area contributed by atoms with Crippen molar-refractivity contribution >= 4 is 11.8 Å². The predicted octanol–water partition coefficient (Wildman–Crippen LogP) is 3.54. The summed E-state index contributed by atoms with van der Waals surface area (Å²) >= 11 is 2.13. The average Bonchev–Trinajstić information content (AvgIpc) is 2.50. The summed E-state index contributed by atoms with van der Waals surface area (Å²) in [5, 5.41) is 3.85. The summed E-state index contributed by atoms with van der Waals surface area (Å²) in [4.78, 5) is 0. The molecule has 0 aromatic rings. The summed E-state index contributed by atoms with van der Waals surface area (Å²) in [5.41, 5.74) is 0.569. The van der Waals surface area contributed by atoms with Gasteiger partial charge in [-0.05, 0) is 61.0 Å². The van der Waals surface area contributed by atoms with E-state index < -0.39 is 0 Å². The summed E-state index contributed by atoms with van der Waals surface area (Å²) < 4.78 is 0. The van der Waals surface area contributed by atoms with Gasteiger partial charge in [0.05, 0.1) is 0 Å². The molecule has 1 N–H and O–H groups in total. The van der Waals surface area contributed by atoms with Crippen LogP contribution in [0.3, 0.4) is 0 Å². The molecule has 1 heterocycles. The van der Waals surface area contributed by atoms with E-state index in [0.29, 0.717) is 5.41 Å². The average molecular weight is 241 g/mol. The molecule has 0 spiro atoms. The van der Waals surface area contributed by atoms with Gasteiger partial charge in [0.2, 0.25) is 0 Å². The second kappa shape index (κ2) is 5.30. The Kier molecular flexibility index (Phi) is 4.23. The third-order valence-corrected chi connectivity index (χ3v) is 5.39. The van der Waals surface area contributed by atoms with Crippen LogP contribution in [0.15, 0.2) is 0 Å². The van der Waals surface area contributed by atoms with Crippen LogP contribution >= 0.6 is 11.8 Å². The quantitative estimate of drug-likeness (QED) is 0.811. The summed E-state index contributed by atoms with van der Waals surface area (Å²) in [6, 6.07) is 0.782. The minimum atomic E-state index is 0.569. The van der Waals surface area contributed by atoms with Crippen molar-refractivity contribution in [2.75, 3.05) is 18.1 Å². The van der Waals surface area contributed by atoms with Crippen LogP contribution in [0.1, 0.15) is 46.5 Å². The monoisotopic (exact) mass is 241 g/mol. The topological polar surface area (TPSA) is 12.0 Å². The molecule has 0 amide bonds. The largest absolute Gasteiger partial charge is 0.313 e. The van der Waals surface area contributed by atoms with E-state index in [9.17, 15) is 0 Å². The van der Waals surface area contributed by atoms with Crippen molar-refractivity contribution in [3.05, 3.63) is 0 Å². The maximum Gasteiger partial charge on any atom is 0.00980 e. The van der Waals surface area contributed by atoms with Gasteiger partial charge in [-0.1, -0.05) is 20.8 Å².